The molecule has 4 aromatic carbocycles. The van der Waals surface area contributed by atoms with Crippen molar-refractivity contribution >= 4 is 41.2 Å². The van der Waals surface area contributed by atoms with Crippen molar-refractivity contribution in [3.63, 3.8) is 0 Å². The summed E-state index contributed by atoms with van der Waals surface area (Å²) in [6.07, 6.45) is 0.283. The van der Waals surface area contributed by atoms with Gasteiger partial charge in [0.1, 0.15) is 11.9 Å². The van der Waals surface area contributed by atoms with Crippen LogP contribution in [-0.2, 0) is 14.3 Å². The summed E-state index contributed by atoms with van der Waals surface area (Å²) in [5.74, 6) is 1.05. The number of carbonyl (C=O) groups is 2. The zero-order valence-electron chi connectivity index (χ0n) is 30.8. The number of ether oxygens (including phenoxy) is 2. The number of hydrogen-bond acceptors (Lipinski definition) is 8. The van der Waals surface area contributed by atoms with Crippen molar-refractivity contribution in [2.24, 2.45) is 9.98 Å². The Labute approximate surface area is 307 Å². The second-order valence-electron chi connectivity index (χ2n) is 10.9. The van der Waals surface area contributed by atoms with Crippen LogP contribution in [0, 0.1) is 6.92 Å². The predicted octanol–water partition coefficient (Wildman–Crippen LogP) is 6.68. The highest BCUT2D eigenvalue weighted by atomic mass is 16.5. The Kier molecular flexibility index (Phi) is 21.3. The number of phenolic OH excluding ortho intramolecular Hbond substituents is 1. The van der Waals surface area contributed by atoms with Gasteiger partial charge in [-0.25, -0.2) is 4.99 Å². The third-order valence-corrected chi connectivity index (χ3v) is 6.68. The van der Waals surface area contributed by atoms with Crippen molar-refractivity contribution in [3.05, 3.63) is 120 Å². The molecule has 0 aromatic heterocycles. The van der Waals surface area contributed by atoms with Gasteiger partial charge in [-0.1, -0.05) is 67.9 Å². The number of guanidine groups is 1. The maximum absolute atomic E-state index is 12.6. The molecule has 2 amide bonds. The number of aromatic hydroxyl groups is 1. The van der Waals surface area contributed by atoms with Gasteiger partial charge in [-0.3, -0.25) is 14.6 Å². The molecule has 6 N–H and O–H groups in total. The smallest absolute Gasteiger partial charge is 0.255 e. The first kappa shape index (κ1) is 42.4. The number of phenols is 1. The maximum atomic E-state index is 12.6. The molecule has 4 rings (SSSR count). The number of carbonyl (C=O) groups excluding carboxylic acids is 2. The number of benzene rings is 4. The van der Waals surface area contributed by atoms with E-state index in [1.165, 1.54) is 5.56 Å². The normalized spacial score (nSPS) is 11.4. The molecule has 0 aliphatic carbocycles. The molecule has 12 heteroatoms. The Morgan fingerprint density at radius 2 is 1.35 bits per heavy atom. The van der Waals surface area contributed by atoms with Gasteiger partial charge in [0, 0.05) is 29.2 Å². The van der Waals surface area contributed by atoms with Gasteiger partial charge in [-0.05, 0) is 81.4 Å². The first-order chi connectivity index (χ1) is 25.3. The Morgan fingerprint density at radius 3 is 1.94 bits per heavy atom. The van der Waals surface area contributed by atoms with Crippen LogP contribution < -0.4 is 26.6 Å². The highest BCUT2D eigenvalue weighted by Gasteiger charge is 2.09. The molecule has 0 aliphatic heterocycles. The molecule has 4 aromatic rings. The second-order valence-corrected chi connectivity index (χ2v) is 10.9. The summed E-state index contributed by atoms with van der Waals surface area (Å²) in [6, 6.07) is 33.3. The molecule has 52 heavy (non-hydrogen) atoms. The zero-order chi connectivity index (χ0) is 37.8. The van der Waals surface area contributed by atoms with Crippen LogP contribution in [0.1, 0.15) is 43.6 Å². The lowest BCUT2D eigenvalue weighted by Crippen LogP contribution is -2.36. The van der Waals surface area contributed by atoms with Crippen molar-refractivity contribution in [2.75, 3.05) is 55.5 Å². The number of aliphatic imine (C=N–C) groups is 2. The number of para-hydroxylation sites is 1. The number of nitrogens with one attached hydrogen (secondary N) is 5. The fourth-order valence-electron chi connectivity index (χ4n) is 4.22. The summed E-state index contributed by atoms with van der Waals surface area (Å²) < 4.78 is 10.9. The summed E-state index contributed by atoms with van der Waals surface area (Å²) >= 11 is 0. The van der Waals surface area contributed by atoms with Crippen LogP contribution in [0.3, 0.4) is 0 Å². The number of anilines is 3. The summed E-state index contributed by atoms with van der Waals surface area (Å²) in [5, 5.41) is 24.8. The van der Waals surface area contributed by atoms with E-state index >= 15 is 0 Å². The van der Waals surface area contributed by atoms with Gasteiger partial charge in [0.15, 0.2) is 0 Å². The van der Waals surface area contributed by atoms with E-state index in [4.69, 9.17) is 14.5 Å². The topological polar surface area (TPSA) is 158 Å². The van der Waals surface area contributed by atoms with Crippen LogP contribution in [0.15, 0.2) is 119 Å². The maximum Gasteiger partial charge on any atom is 0.255 e. The Balaban J connectivity index is 0.000000914. The van der Waals surface area contributed by atoms with Crippen LogP contribution in [0.25, 0.3) is 0 Å². The molecule has 0 heterocycles. The molecular weight excluding hydrogens is 658 g/mol. The molecule has 0 saturated heterocycles. The molecule has 0 radical (unpaired) electrons. The van der Waals surface area contributed by atoms with Crippen LogP contribution in [-0.4, -0.2) is 74.9 Å². The largest absolute Gasteiger partial charge is 0.508 e. The van der Waals surface area contributed by atoms with E-state index in [2.05, 4.69) is 50.6 Å². The van der Waals surface area contributed by atoms with Gasteiger partial charge in [0.25, 0.3) is 5.91 Å². The predicted molar refractivity (Wildman–Crippen MR) is 212 cm³/mol. The van der Waals surface area contributed by atoms with Gasteiger partial charge in [-0.2, -0.15) is 0 Å². The Hall–Kier alpha value is -5.72. The fourth-order valence-corrected chi connectivity index (χ4v) is 4.22. The SMILES string of the molecule is CC.CC(=NCCOCCOCCNC=O)N/C(=N\C(C)Nc1ccc(C(=O)Nc2ccccc2)cc1)Nc1ccc(O)cc1.Cc1ccccc1. The molecular formula is C40H53N7O5. The number of amides is 2. The molecule has 12 nitrogen and oxygen atoms in total. The van der Waals surface area contributed by atoms with Crippen LogP contribution in [0.5, 0.6) is 5.75 Å². The average molecular weight is 712 g/mol. The molecule has 1 unspecified atom stereocenters. The minimum absolute atomic E-state index is 0.161. The monoisotopic (exact) mass is 711 g/mol. The number of hydrogen-bond donors (Lipinski definition) is 6. The van der Waals surface area contributed by atoms with E-state index in [0.29, 0.717) is 63.3 Å². The quantitative estimate of drug-likeness (QED) is 0.0247. The molecule has 0 fully saturated rings. The van der Waals surface area contributed by atoms with Gasteiger partial charge in [0.05, 0.1) is 38.8 Å². The van der Waals surface area contributed by atoms with E-state index < -0.39 is 0 Å². The number of rotatable bonds is 16. The Bertz CT molecular complexity index is 1600. The minimum Gasteiger partial charge on any atom is -0.508 e. The van der Waals surface area contributed by atoms with Gasteiger partial charge >= 0.3 is 0 Å². The van der Waals surface area contributed by atoms with Gasteiger partial charge < -0.3 is 41.2 Å². The van der Waals surface area contributed by atoms with Crippen LogP contribution >= 0.6 is 0 Å². The number of aryl methyl sites for hydroxylation is 1. The third-order valence-electron chi connectivity index (χ3n) is 6.68. The Morgan fingerprint density at radius 1 is 0.769 bits per heavy atom. The van der Waals surface area contributed by atoms with Crippen molar-refractivity contribution in [2.45, 2.75) is 40.8 Å². The van der Waals surface area contributed by atoms with Crippen molar-refractivity contribution in [1.82, 2.24) is 10.6 Å². The molecule has 1 atom stereocenters. The summed E-state index contributed by atoms with van der Waals surface area (Å²) in [7, 11) is 0. The first-order valence-corrected chi connectivity index (χ1v) is 17.3. The fraction of sp³-hybridized carbons (Fsp3) is 0.300. The lowest BCUT2D eigenvalue weighted by molar-refractivity contribution is -0.109. The zero-order valence-corrected chi connectivity index (χ0v) is 30.8. The number of amidine groups is 1. The molecule has 0 saturated carbocycles. The molecule has 0 spiro atoms. The molecule has 0 bridgehead atoms. The standard InChI is InChI=1S/C31H39N7O5.C7H8.C2H6/c1-23(33-17-19-43-21-20-42-18-16-32-22-39)35-31(38-28-12-14-29(40)15-13-28)36-24(2)34-27-10-8-25(9-11-27)30(41)37-26-6-4-3-5-7-26;1-7-5-3-2-4-6-7;1-2/h3-15,22,24,34,40H,16-21H2,1-2H3,(H,32,39)(H,37,41)(H2,33,35,36,38);2-6H,1H3;1-2H3. The summed E-state index contributed by atoms with van der Waals surface area (Å²) in [5.41, 5.74) is 4.11. The average Bonchev–Trinajstić information content (AvgIpc) is 3.15. The van der Waals surface area contributed by atoms with E-state index in [1.54, 1.807) is 36.4 Å². The highest BCUT2D eigenvalue weighted by molar-refractivity contribution is 6.05. The number of nitrogens with zero attached hydrogens (tertiary/aromatic N) is 2. The minimum atomic E-state index is -0.353. The van der Waals surface area contributed by atoms with E-state index in [-0.39, 0.29) is 17.8 Å². The van der Waals surface area contributed by atoms with Gasteiger partial charge in [0.2, 0.25) is 12.4 Å². The van der Waals surface area contributed by atoms with Gasteiger partial charge in [-0.15, -0.1) is 0 Å². The third kappa shape index (κ3) is 18.9. The van der Waals surface area contributed by atoms with E-state index in [0.717, 1.165) is 17.1 Å². The highest BCUT2D eigenvalue weighted by Crippen LogP contribution is 2.15. The van der Waals surface area contributed by atoms with Crippen molar-refractivity contribution in [1.29, 1.82) is 0 Å². The van der Waals surface area contributed by atoms with E-state index in [1.807, 2.05) is 88.4 Å². The van der Waals surface area contributed by atoms with Crippen LogP contribution in [0.4, 0.5) is 17.1 Å². The van der Waals surface area contributed by atoms with Crippen molar-refractivity contribution < 1.29 is 24.2 Å². The molecule has 0 aliphatic rings. The summed E-state index contributed by atoms with van der Waals surface area (Å²) in [4.78, 5) is 32.0. The van der Waals surface area contributed by atoms with E-state index in [9.17, 15) is 14.7 Å². The lowest BCUT2D eigenvalue weighted by atomic mass is 10.2. The lowest BCUT2D eigenvalue weighted by Gasteiger charge is -2.17. The van der Waals surface area contributed by atoms with Crippen LogP contribution in [0.2, 0.25) is 0 Å². The first-order valence-electron chi connectivity index (χ1n) is 17.3. The second kappa shape index (κ2) is 26.1. The summed E-state index contributed by atoms with van der Waals surface area (Å²) in [6.45, 7) is 12.4. The van der Waals surface area contributed by atoms with Crippen molar-refractivity contribution in [3.8, 4) is 5.75 Å². The molecule has 278 valence electrons.